The number of nitrogens with one attached hydrogen (secondary N) is 1. The number of imide groups is 1. The summed E-state index contributed by atoms with van der Waals surface area (Å²) < 4.78 is 0. The molecule has 2 amide bonds. The predicted octanol–water partition coefficient (Wildman–Crippen LogP) is 6.17. The lowest BCUT2D eigenvalue weighted by Gasteiger charge is -1.99. The van der Waals surface area contributed by atoms with Crippen LogP contribution in [0.3, 0.4) is 0 Å². The van der Waals surface area contributed by atoms with E-state index in [1.54, 1.807) is 18.2 Å². The highest BCUT2D eigenvalue weighted by molar-refractivity contribution is 8.18. The second-order valence-electron chi connectivity index (χ2n) is 5.22. The van der Waals surface area contributed by atoms with Crippen LogP contribution in [0.1, 0.15) is 4.88 Å². The third kappa shape index (κ3) is 3.58. The van der Waals surface area contributed by atoms with Gasteiger partial charge in [0.2, 0.25) is 0 Å². The number of hydrogen-bond acceptors (Lipinski definition) is 6. The summed E-state index contributed by atoms with van der Waals surface area (Å²) in [5, 5.41) is 5.74. The number of rotatable bonds is 3. The van der Waals surface area contributed by atoms with Crippen LogP contribution in [0, 0.1) is 0 Å². The Balaban J connectivity index is 1.60. The molecule has 4 nitrogen and oxygen atoms in total. The number of carbonyl (C=O) groups excluding carboxylic acids is 2. The van der Waals surface area contributed by atoms with E-state index in [2.05, 4.69) is 10.3 Å². The van der Waals surface area contributed by atoms with Crippen LogP contribution in [0.15, 0.2) is 40.6 Å². The lowest BCUT2D eigenvalue weighted by molar-refractivity contribution is -0.115. The maximum absolute atomic E-state index is 11.6. The lowest BCUT2D eigenvalue weighted by Crippen LogP contribution is -2.17. The summed E-state index contributed by atoms with van der Waals surface area (Å²) >= 11 is 16.0. The van der Waals surface area contributed by atoms with Crippen molar-refractivity contribution in [1.29, 1.82) is 0 Å². The minimum Gasteiger partial charge on any atom is -0.282 e. The average molecular weight is 439 g/mol. The van der Waals surface area contributed by atoms with Gasteiger partial charge in [-0.2, -0.15) is 0 Å². The van der Waals surface area contributed by atoms with Crippen molar-refractivity contribution < 1.29 is 9.59 Å². The number of halogens is 2. The molecule has 0 unspecified atom stereocenters. The van der Waals surface area contributed by atoms with Crippen molar-refractivity contribution in [1.82, 2.24) is 10.3 Å². The van der Waals surface area contributed by atoms with E-state index in [0.29, 0.717) is 15.0 Å². The molecule has 3 heterocycles. The first-order valence-corrected chi connectivity index (χ1v) is 10.5. The Bertz CT molecular complexity index is 1070. The molecule has 9 heteroatoms. The van der Waals surface area contributed by atoms with Gasteiger partial charge in [-0.15, -0.1) is 22.7 Å². The number of benzene rings is 1. The summed E-state index contributed by atoms with van der Waals surface area (Å²) in [6.45, 7) is 0. The number of thiazole rings is 1. The van der Waals surface area contributed by atoms with Gasteiger partial charge in [0.25, 0.3) is 11.1 Å². The molecule has 0 aliphatic carbocycles. The minimum atomic E-state index is -0.355. The van der Waals surface area contributed by atoms with Gasteiger partial charge in [-0.3, -0.25) is 14.9 Å². The standard InChI is InChI=1S/C17H8Cl2N2O2S3/c18-10-3-1-8(5-11(10)19)12-7-24-16(20-12)13-4-2-9(25-13)6-14-15(22)21-17(23)26-14/h1-7H,(H,21,22,23)/b14-6-. The van der Waals surface area contributed by atoms with Crippen molar-refractivity contribution in [3.63, 3.8) is 0 Å². The SMILES string of the molecule is O=C1NC(=O)/C(=C/c2ccc(-c3nc(-c4ccc(Cl)c(Cl)c4)cs3)s2)S1. The molecule has 1 saturated heterocycles. The van der Waals surface area contributed by atoms with E-state index >= 15 is 0 Å². The molecule has 1 fully saturated rings. The van der Waals surface area contributed by atoms with E-state index in [0.717, 1.165) is 37.8 Å². The van der Waals surface area contributed by atoms with E-state index < -0.39 is 0 Å². The Morgan fingerprint density at radius 2 is 1.92 bits per heavy atom. The van der Waals surface area contributed by atoms with Gasteiger partial charge in [0.05, 0.1) is 25.5 Å². The minimum absolute atomic E-state index is 0.343. The molecule has 1 aromatic carbocycles. The zero-order valence-corrected chi connectivity index (χ0v) is 16.7. The van der Waals surface area contributed by atoms with Crippen LogP contribution in [-0.2, 0) is 4.79 Å². The molecular weight excluding hydrogens is 431 g/mol. The number of thiophene rings is 1. The third-order valence-corrected chi connectivity index (χ3v) is 7.07. The van der Waals surface area contributed by atoms with E-state index in [1.807, 2.05) is 23.6 Å². The fourth-order valence-electron chi connectivity index (χ4n) is 2.27. The monoisotopic (exact) mass is 438 g/mol. The summed E-state index contributed by atoms with van der Waals surface area (Å²) in [4.78, 5) is 29.8. The third-order valence-electron chi connectivity index (χ3n) is 3.47. The van der Waals surface area contributed by atoms with E-state index in [1.165, 1.54) is 22.7 Å². The predicted molar refractivity (Wildman–Crippen MR) is 110 cm³/mol. The highest BCUT2D eigenvalue weighted by Gasteiger charge is 2.25. The summed E-state index contributed by atoms with van der Waals surface area (Å²) in [7, 11) is 0. The van der Waals surface area contributed by atoms with Gasteiger partial charge in [-0.05, 0) is 42.1 Å². The van der Waals surface area contributed by atoms with Crippen molar-refractivity contribution in [3.05, 3.63) is 55.5 Å². The second kappa shape index (κ2) is 7.17. The van der Waals surface area contributed by atoms with Crippen molar-refractivity contribution in [2.75, 3.05) is 0 Å². The molecular formula is C17H8Cl2N2O2S3. The van der Waals surface area contributed by atoms with Gasteiger partial charge >= 0.3 is 0 Å². The number of thioether (sulfide) groups is 1. The quantitative estimate of drug-likeness (QED) is 0.496. The van der Waals surface area contributed by atoms with E-state index in [4.69, 9.17) is 23.2 Å². The molecule has 0 atom stereocenters. The molecule has 2 aromatic heterocycles. The van der Waals surface area contributed by atoms with Gasteiger partial charge in [0.15, 0.2) is 0 Å². The number of nitrogens with zero attached hydrogens (tertiary/aromatic N) is 1. The average Bonchev–Trinajstić information content (AvgIpc) is 3.31. The summed E-state index contributed by atoms with van der Waals surface area (Å²) in [5.41, 5.74) is 1.73. The Morgan fingerprint density at radius 3 is 2.65 bits per heavy atom. The van der Waals surface area contributed by atoms with Crippen LogP contribution in [0.4, 0.5) is 4.79 Å². The Kier molecular flexibility index (Phi) is 4.90. The maximum atomic E-state index is 11.6. The number of amides is 2. The molecule has 0 spiro atoms. The van der Waals surface area contributed by atoms with Crippen LogP contribution >= 0.6 is 57.6 Å². The fourth-order valence-corrected chi connectivity index (χ4v) is 5.17. The number of aromatic nitrogens is 1. The molecule has 0 bridgehead atoms. The molecule has 26 heavy (non-hydrogen) atoms. The first kappa shape index (κ1) is 17.8. The summed E-state index contributed by atoms with van der Waals surface area (Å²) in [6, 6.07) is 9.28. The fraction of sp³-hybridized carbons (Fsp3) is 0. The normalized spacial score (nSPS) is 15.7. The maximum Gasteiger partial charge on any atom is 0.290 e. The van der Waals surface area contributed by atoms with Gasteiger partial charge in [0, 0.05) is 15.8 Å². The topological polar surface area (TPSA) is 59.1 Å². The van der Waals surface area contributed by atoms with Crippen LogP contribution < -0.4 is 5.32 Å². The first-order chi connectivity index (χ1) is 12.5. The van der Waals surface area contributed by atoms with Crippen LogP contribution in [0.2, 0.25) is 10.0 Å². The molecule has 1 aliphatic heterocycles. The lowest BCUT2D eigenvalue weighted by atomic mass is 10.2. The van der Waals surface area contributed by atoms with Gasteiger partial charge in [-0.1, -0.05) is 29.3 Å². The molecule has 1 aliphatic rings. The summed E-state index contributed by atoms with van der Waals surface area (Å²) in [5.74, 6) is -0.355. The van der Waals surface area contributed by atoms with Gasteiger partial charge in [-0.25, -0.2) is 4.98 Å². The molecule has 0 saturated carbocycles. The first-order valence-electron chi connectivity index (χ1n) is 7.25. The molecule has 3 aromatic rings. The van der Waals surface area contributed by atoms with Gasteiger partial charge < -0.3 is 0 Å². The van der Waals surface area contributed by atoms with Crippen LogP contribution in [-0.4, -0.2) is 16.1 Å². The smallest absolute Gasteiger partial charge is 0.282 e. The molecule has 4 rings (SSSR count). The van der Waals surface area contributed by atoms with Crippen molar-refractivity contribution in [3.8, 4) is 21.1 Å². The largest absolute Gasteiger partial charge is 0.290 e. The van der Waals surface area contributed by atoms with Crippen LogP contribution in [0.25, 0.3) is 27.2 Å². The number of carbonyl (C=O) groups is 2. The van der Waals surface area contributed by atoms with Crippen molar-refractivity contribution in [2.24, 2.45) is 0 Å². The van der Waals surface area contributed by atoms with Crippen molar-refractivity contribution in [2.45, 2.75) is 0 Å². The Hall–Kier alpha value is -1.64. The zero-order valence-electron chi connectivity index (χ0n) is 12.8. The van der Waals surface area contributed by atoms with Crippen LogP contribution in [0.5, 0.6) is 0 Å². The van der Waals surface area contributed by atoms with Gasteiger partial charge in [0.1, 0.15) is 5.01 Å². The second-order valence-corrected chi connectivity index (χ2v) is 9.02. The highest BCUT2D eigenvalue weighted by atomic mass is 35.5. The van der Waals surface area contributed by atoms with E-state index in [-0.39, 0.29) is 11.1 Å². The molecule has 0 radical (unpaired) electrons. The summed E-state index contributed by atoms with van der Waals surface area (Å²) in [6.07, 6.45) is 1.71. The highest BCUT2D eigenvalue weighted by Crippen LogP contribution is 2.36. The van der Waals surface area contributed by atoms with Crippen molar-refractivity contribution >= 4 is 74.9 Å². The molecule has 1 N–H and O–H groups in total. The van der Waals surface area contributed by atoms with E-state index in [9.17, 15) is 9.59 Å². The Labute approximate surface area is 170 Å². The number of hydrogen-bond donors (Lipinski definition) is 1. The Morgan fingerprint density at radius 1 is 1.08 bits per heavy atom. The molecule has 130 valence electrons. The zero-order chi connectivity index (χ0) is 18.3.